The van der Waals surface area contributed by atoms with Gasteiger partial charge in [-0.05, 0) is 48.9 Å². The molecule has 4 heteroatoms. The smallest absolute Gasteiger partial charge is 0.265 e. The Kier molecular flexibility index (Phi) is 3.76. The van der Waals surface area contributed by atoms with E-state index in [1.54, 1.807) is 29.5 Å². The van der Waals surface area contributed by atoms with E-state index in [1.165, 1.54) is 16.9 Å². The fraction of sp³-hybridized carbons (Fsp3) is 0.294. The van der Waals surface area contributed by atoms with Crippen LogP contribution in [0.4, 0.5) is 5.69 Å². The zero-order valence-corrected chi connectivity index (χ0v) is 12.7. The number of aryl methyl sites for hydroxylation is 1. The lowest BCUT2D eigenvalue weighted by molar-refractivity contribution is 0.103. The predicted molar refractivity (Wildman–Crippen MR) is 84.6 cm³/mol. The third-order valence-corrected chi connectivity index (χ3v) is 5.08. The summed E-state index contributed by atoms with van der Waals surface area (Å²) in [4.78, 5) is 14.4. The van der Waals surface area contributed by atoms with Crippen LogP contribution in [0.25, 0.3) is 0 Å². The molecule has 1 aromatic carbocycles. The molecule has 1 aromatic heterocycles. The third kappa shape index (κ3) is 2.84. The van der Waals surface area contributed by atoms with Gasteiger partial charge in [0.15, 0.2) is 0 Å². The van der Waals surface area contributed by atoms with E-state index in [1.807, 2.05) is 12.1 Å². The Morgan fingerprint density at radius 2 is 2.24 bits per heavy atom. The monoisotopic (exact) mass is 296 g/mol. The number of carbonyl (C=O) groups excluding carboxylic acids is 1. The Bertz CT molecular complexity index is 727. The van der Waals surface area contributed by atoms with E-state index >= 15 is 0 Å². The van der Waals surface area contributed by atoms with Crippen molar-refractivity contribution >= 4 is 22.9 Å². The molecule has 0 unspecified atom stereocenters. The predicted octanol–water partition coefficient (Wildman–Crippen LogP) is 4.00. The van der Waals surface area contributed by atoms with Gasteiger partial charge in [0.1, 0.15) is 6.07 Å². The van der Waals surface area contributed by atoms with E-state index in [0.29, 0.717) is 17.2 Å². The quantitative estimate of drug-likeness (QED) is 0.910. The van der Waals surface area contributed by atoms with E-state index in [4.69, 9.17) is 5.26 Å². The number of nitrogens with zero attached hydrogens (tertiary/aromatic N) is 1. The second kappa shape index (κ2) is 5.71. The minimum Gasteiger partial charge on any atom is -0.320 e. The Morgan fingerprint density at radius 3 is 3.05 bits per heavy atom. The van der Waals surface area contributed by atoms with Gasteiger partial charge >= 0.3 is 0 Å². The number of fused-ring (bicyclic) bond motifs is 1. The molecule has 1 amide bonds. The van der Waals surface area contributed by atoms with Crippen LogP contribution in [0.1, 0.15) is 39.0 Å². The Hall–Kier alpha value is -2.12. The molecule has 0 saturated carbocycles. The van der Waals surface area contributed by atoms with Crippen LogP contribution >= 0.6 is 11.3 Å². The summed E-state index contributed by atoms with van der Waals surface area (Å²) in [6, 6.07) is 11.2. The Morgan fingerprint density at radius 1 is 1.43 bits per heavy atom. The van der Waals surface area contributed by atoms with Gasteiger partial charge in [0, 0.05) is 4.88 Å². The zero-order chi connectivity index (χ0) is 14.8. The van der Waals surface area contributed by atoms with Crippen LogP contribution in [0, 0.1) is 17.2 Å². The van der Waals surface area contributed by atoms with Gasteiger partial charge in [0.25, 0.3) is 5.91 Å². The maximum atomic E-state index is 12.4. The van der Waals surface area contributed by atoms with Gasteiger partial charge in [-0.3, -0.25) is 4.79 Å². The first-order valence-electron chi connectivity index (χ1n) is 7.09. The molecule has 2 aromatic rings. The lowest BCUT2D eigenvalue weighted by atomic mass is 9.90. The van der Waals surface area contributed by atoms with E-state index in [9.17, 15) is 4.79 Å². The molecule has 1 aliphatic rings. The van der Waals surface area contributed by atoms with Gasteiger partial charge in [-0.25, -0.2) is 0 Å². The summed E-state index contributed by atoms with van der Waals surface area (Å²) in [5.74, 6) is 0.576. The molecular formula is C17H16N2OS. The molecule has 106 valence electrons. The van der Waals surface area contributed by atoms with Crippen molar-refractivity contribution in [2.75, 3.05) is 5.32 Å². The fourth-order valence-corrected chi connectivity index (χ4v) is 3.79. The second-order valence-electron chi connectivity index (χ2n) is 5.52. The highest BCUT2D eigenvalue weighted by molar-refractivity contribution is 7.14. The summed E-state index contributed by atoms with van der Waals surface area (Å²) in [5, 5.41) is 11.9. The fourth-order valence-electron chi connectivity index (χ4n) is 2.69. The average Bonchev–Trinajstić information content (AvgIpc) is 2.91. The number of amides is 1. The van der Waals surface area contributed by atoms with Gasteiger partial charge < -0.3 is 5.32 Å². The standard InChI is InChI=1S/C17H16N2OS/c1-11-6-7-15-13(8-11)9-16(21-15)17(20)19-14-5-3-2-4-12(14)10-18/h2-5,9,11H,6-8H2,1H3,(H,19,20)/t11-/m1/s1. The minimum absolute atomic E-state index is 0.121. The molecule has 0 bridgehead atoms. The summed E-state index contributed by atoms with van der Waals surface area (Å²) in [5.41, 5.74) is 2.38. The lowest BCUT2D eigenvalue weighted by Gasteiger charge is -2.16. The number of carbonyl (C=O) groups is 1. The molecule has 1 atom stereocenters. The van der Waals surface area contributed by atoms with Gasteiger partial charge in [0.05, 0.1) is 16.1 Å². The average molecular weight is 296 g/mol. The minimum atomic E-state index is -0.121. The van der Waals surface area contributed by atoms with Gasteiger partial charge in [-0.1, -0.05) is 19.1 Å². The molecule has 0 fully saturated rings. The highest BCUT2D eigenvalue weighted by atomic mass is 32.1. The maximum Gasteiger partial charge on any atom is 0.265 e. The Balaban J connectivity index is 1.82. The van der Waals surface area contributed by atoms with Crippen molar-refractivity contribution in [3.05, 3.63) is 51.2 Å². The van der Waals surface area contributed by atoms with E-state index in [0.717, 1.165) is 17.7 Å². The SMILES string of the molecule is C[C@@H]1CCc2sc(C(=O)Nc3ccccc3C#N)cc2C1. The van der Waals surface area contributed by atoms with Crippen LogP contribution in [-0.2, 0) is 12.8 Å². The molecule has 1 heterocycles. The van der Waals surface area contributed by atoms with Crippen molar-refractivity contribution < 1.29 is 4.79 Å². The third-order valence-electron chi connectivity index (χ3n) is 3.85. The Labute approximate surface area is 128 Å². The number of hydrogen-bond acceptors (Lipinski definition) is 3. The topological polar surface area (TPSA) is 52.9 Å². The van der Waals surface area contributed by atoms with Crippen molar-refractivity contribution in [1.29, 1.82) is 5.26 Å². The number of thiophene rings is 1. The van der Waals surface area contributed by atoms with Gasteiger partial charge in [0.2, 0.25) is 0 Å². The molecule has 3 nitrogen and oxygen atoms in total. The van der Waals surface area contributed by atoms with Crippen LogP contribution < -0.4 is 5.32 Å². The normalized spacial score (nSPS) is 16.9. The van der Waals surface area contributed by atoms with Crippen molar-refractivity contribution in [3.8, 4) is 6.07 Å². The van der Waals surface area contributed by atoms with Gasteiger partial charge in [-0.2, -0.15) is 5.26 Å². The number of nitrogens with one attached hydrogen (secondary N) is 1. The van der Waals surface area contributed by atoms with Crippen LogP contribution in [0.3, 0.4) is 0 Å². The number of benzene rings is 1. The molecule has 3 rings (SSSR count). The summed E-state index contributed by atoms with van der Waals surface area (Å²) in [6.45, 7) is 2.25. The van der Waals surface area contributed by atoms with Crippen molar-refractivity contribution in [2.45, 2.75) is 26.2 Å². The van der Waals surface area contributed by atoms with Crippen molar-refractivity contribution in [3.63, 3.8) is 0 Å². The van der Waals surface area contributed by atoms with Crippen LogP contribution in [0.5, 0.6) is 0 Å². The molecule has 21 heavy (non-hydrogen) atoms. The first kappa shape index (κ1) is 13.8. The number of anilines is 1. The highest BCUT2D eigenvalue weighted by Crippen LogP contribution is 2.32. The molecular weight excluding hydrogens is 280 g/mol. The van der Waals surface area contributed by atoms with Crippen LogP contribution in [0.15, 0.2) is 30.3 Å². The van der Waals surface area contributed by atoms with Crippen molar-refractivity contribution in [2.24, 2.45) is 5.92 Å². The molecule has 0 aliphatic heterocycles. The van der Waals surface area contributed by atoms with E-state index < -0.39 is 0 Å². The largest absolute Gasteiger partial charge is 0.320 e. The zero-order valence-electron chi connectivity index (χ0n) is 11.8. The summed E-state index contributed by atoms with van der Waals surface area (Å²) >= 11 is 1.58. The molecule has 0 saturated heterocycles. The number of rotatable bonds is 2. The number of para-hydroxylation sites is 1. The summed E-state index contributed by atoms with van der Waals surface area (Å²) in [6.07, 6.45) is 3.34. The number of hydrogen-bond donors (Lipinski definition) is 1. The molecule has 0 spiro atoms. The highest BCUT2D eigenvalue weighted by Gasteiger charge is 2.21. The summed E-state index contributed by atoms with van der Waals surface area (Å²) in [7, 11) is 0. The first-order valence-corrected chi connectivity index (χ1v) is 7.91. The molecule has 0 radical (unpaired) electrons. The lowest BCUT2D eigenvalue weighted by Crippen LogP contribution is -2.11. The number of nitriles is 1. The van der Waals surface area contributed by atoms with E-state index in [-0.39, 0.29) is 5.91 Å². The maximum absolute atomic E-state index is 12.4. The van der Waals surface area contributed by atoms with Crippen molar-refractivity contribution in [1.82, 2.24) is 0 Å². The van der Waals surface area contributed by atoms with Gasteiger partial charge in [-0.15, -0.1) is 11.3 Å². The summed E-state index contributed by atoms with van der Waals surface area (Å²) < 4.78 is 0. The second-order valence-corrected chi connectivity index (χ2v) is 6.66. The van der Waals surface area contributed by atoms with E-state index in [2.05, 4.69) is 18.3 Å². The molecule has 1 N–H and O–H groups in total. The van der Waals surface area contributed by atoms with Crippen LogP contribution in [-0.4, -0.2) is 5.91 Å². The van der Waals surface area contributed by atoms with Crippen LogP contribution in [0.2, 0.25) is 0 Å². The first-order chi connectivity index (χ1) is 10.2. The molecule has 1 aliphatic carbocycles.